The van der Waals surface area contributed by atoms with Crippen molar-refractivity contribution in [3.63, 3.8) is 0 Å². The van der Waals surface area contributed by atoms with E-state index >= 15 is 0 Å². The maximum atomic E-state index is 9.81. The summed E-state index contributed by atoms with van der Waals surface area (Å²) in [6.07, 6.45) is 2.13. The molecule has 96 valence electrons. The number of pyridine rings is 1. The third-order valence-corrected chi connectivity index (χ3v) is 3.26. The number of nitrogens with zero attached hydrogens (tertiary/aromatic N) is 3. The zero-order chi connectivity index (χ0) is 13.3. The fourth-order valence-electron chi connectivity index (χ4n) is 2.31. The Bertz CT molecular complexity index is 558. The van der Waals surface area contributed by atoms with Gasteiger partial charge in [-0.05, 0) is 38.8 Å². The molecule has 0 fully saturated rings. The van der Waals surface area contributed by atoms with E-state index in [-0.39, 0.29) is 0 Å². The molecule has 0 unspecified atom stereocenters. The zero-order valence-electron chi connectivity index (χ0n) is 11.3. The molecule has 1 N–H and O–H groups in total. The summed E-state index contributed by atoms with van der Waals surface area (Å²) < 4.78 is 1.83. The van der Waals surface area contributed by atoms with Crippen molar-refractivity contribution in [2.45, 2.75) is 40.2 Å². The summed E-state index contributed by atoms with van der Waals surface area (Å²) in [4.78, 5) is 4.36. The number of aliphatic hydroxyl groups is 1. The number of aliphatic hydroxyl groups excluding tert-OH is 1. The van der Waals surface area contributed by atoms with Gasteiger partial charge in [0.2, 0.25) is 0 Å². The normalized spacial score (nSPS) is 12.7. The van der Waals surface area contributed by atoms with Crippen LogP contribution in [0.25, 0.3) is 5.82 Å². The fraction of sp³-hybridized carbons (Fsp3) is 0.429. The van der Waals surface area contributed by atoms with E-state index in [1.807, 2.05) is 30.7 Å². The Balaban J connectivity index is 2.63. The minimum Gasteiger partial charge on any atom is -0.389 e. The van der Waals surface area contributed by atoms with Gasteiger partial charge in [0, 0.05) is 17.5 Å². The topological polar surface area (TPSA) is 50.9 Å². The van der Waals surface area contributed by atoms with E-state index in [4.69, 9.17) is 0 Å². The smallest absolute Gasteiger partial charge is 0.159 e. The van der Waals surface area contributed by atoms with E-state index in [1.165, 1.54) is 5.56 Å². The first-order chi connectivity index (χ1) is 8.56. The first-order valence-electron chi connectivity index (χ1n) is 6.24. The van der Waals surface area contributed by atoms with E-state index in [1.54, 1.807) is 13.1 Å². The van der Waals surface area contributed by atoms with Crippen molar-refractivity contribution in [1.29, 1.82) is 0 Å². The number of hydrogen-bond donors (Lipinski definition) is 1. The maximum absolute atomic E-state index is 9.81. The molecule has 4 nitrogen and oxygen atoms in total. The molecule has 1 atom stereocenters. The average Bonchev–Trinajstić information content (AvgIpc) is 2.64. The van der Waals surface area contributed by atoms with Crippen molar-refractivity contribution in [3.8, 4) is 5.82 Å². The predicted molar refractivity (Wildman–Crippen MR) is 70.8 cm³/mol. The van der Waals surface area contributed by atoms with Crippen LogP contribution in [0.15, 0.2) is 18.3 Å². The summed E-state index contributed by atoms with van der Waals surface area (Å²) >= 11 is 0. The van der Waals surface area contributed by atoms with Gasteiger partial charge in [-0.3, -0.25) is 0 Å². The Morgan fingerprint density at radius 1 is 1.39 bits per heavy atom. The highest BCUT2D eigenvalue weighted by Crippen LogP contribution is 2.23. The molecular formula is C14H19N3O. The molecule has 0 bridgehead atoms. The quantitative estimate of drug-likeness (QED) is 0.904. The average molecular weight is 245 g/mol. The van der Waals surface area contributed by atoms with Crippen molar-refractivity contribution < 1.29 is 5.11 Å². The SMILES string of the molecule is CCc1c(C)nn(-c2ncccc2[C@@H](C)O)c1C. The fourth-order valence-corrected chi connectivity index (χ4v) is 2.31. The lowest BCUT2D eigenvalue weighted by molar-refractivity contribution is 0.198. The lowest BCUT2D eigenvalue weighted by Gasteiger charge is -2.12. The monoisotopic (exact) mass is 245 g/mol. The summed E-state index contributed by atoms with van der Waals surface area (Å²) in [5.41, 5.74) is 4.16. The molecule has 0 aromatic carbocycles. The molecule has 0 spiro atoms. The van der Waals surface area contributed by atoms with Crippen LogP contribution in [0.1, 0.15) is 42.5 Å². The van der Waals surface area contributed by atoms with Gasteiger partial charge in [0.15, 0.2) is 5.82 Å². The summed E-state index contributed by atoms with van der Waals surface area (Å²) in [6.45, 7) is 7.91. The molecule has 0 amide bonds. The second kappa shape index (κ2) is 4.90. The highest BCUT2D eigenvalue weighted by atomic mass is 16.3. The minimum absolute atomic E-state index is 0.553. The van der Waals surface area contributed by atoms with Crippen LogP contribution in [0, 0.1) is 13.8 Å². The van der Waals surface area contributed by atoms with Gasteiger partial charge in [-0.25, -0.2) is 9.67 Å². The van der Waals surface area contributed by atoms with Crippen molar-refractivity contribution in [2.24, 2.45) is 0 Å². The van der Waals surface area contributed by atoms with Crippen LogP contribution in [-0.2, 0) is 6.42 Å². The highest BCUT2D eigenvalue weighted by Gasteiger charge is 2.16. The summed E-state index contributed by atoms with van der Waals surface area (Å²) in [5.74, 6) is 0.716. The van der Waals surface area contributed by atoms with E-state index < -0.39 is 6.10 Å². The molecule has 18 heavy (non-hydrogen) atoms. The molecule has 0 aliphatic rings. The summed E-state index contributed by atoms with van der Waals surface area (Å²) in [7, 11) is 0. The van der Waals surface area contributed by atoms with Crippen LogP contribution >= 0.6 is 0 Å². The predicted octanol–water partition coefficient (Wildman–Crippen LogP) is 2.50. The third-order valence-electron chi connectivity index (χ3n) is 3.26. The summed E-state index contributed by atoms with van der Waals surface area (Å²) in [6, 6.07) is 3.72. The molecule has 0 aliphatic heterocycles. The highest BCUT2D eigenvalue weighted by molar-refractivity contribution is 5.39. The standard InChI is InChI=1S/C14H19N3O/c1-5-12-9(2)16-17(10(12)3)14-13(11(4)18)7-6-8-15-14/h6-8,11,18H,5H2,1-4H3/t11-/m1/s1. The second-order valence-electron chi connectivity index (χ2n) is 4.51. The van der Waals surface area contributed by atoms with Crippen LogP contribution in [0.2, 0.25) is 0 Å². The molecule has 4 heteroatoms. The lowest BCUT2D eigenvalue weighted by Crippen LogP contribution is -2.08. The van der Waals surface area contributed by atoms with Crippen LogP contribution in [0.3, 0.4) is 0 Å². The number of aromatic nitrogens is 3. The molecule has 0 aliphatic carbocycles. The molecule has 0 radical (unpaired) electrons. The van der Waals surface area contributed by atoms with Gasteiger partial charge in [0.25, 0.3) is 0 Å². The van der Waals surface area contributed by atoms with E-state index in [0.29, 0.717) is 5.82 Å². The van der Waals surface area contributed by atoms with Gasteiger partial charge in [-0.2, -0.15) is 5.10 Å². The first-order valence-corrected chi connectivity index (χ1v) is 6.24. The zero-order valence-corrected chi connectivity index (χ0v) is 11.3. The Labute approximate surface area is 107 Å². The second-order valence-corrected chi connectivity index (χ2v) is 4.51. The first kappa shape index (κ1) is 12.8. The Hall–Kier alpha value is -1.68. The van der Waals surface area contributed by atoms with Crippen LogP contribution < -0.4 is 0 Å². The van der Waals surface area contributed by atoms with Crippen LogP contribution in [0.5, 0.6) is 0 Å². The Morgan fingerprint density at radius 2 is 2.11 bits per heavy atom. The molecule has 2 aromatic rings. The third kappa shape index (κ3) is 2.04. The molecule has 2 rings (SSSR count). The number of hydrogen-bond acceptors (Lipinski definition) is 3. The van der Waals surface area contributed by atoms with E-state index in [2.05, 4.69) is 17.0 Å². The van der Waals surface area contributed by atoms with Gasteiger partial charge in [0.05, 0.1) is 11.8 Å². The van der Waals surface area contributed by atoms with Crippen LogP contribution in [-0.4, -0.2) is 19.9 Å². The van der Waals surface area contributed by atoms with Gasteiger partial charge in [-0.1, -0.05) is 13.0 Å². The molecule has 2 heterocycles. The van der Waals surface area contributed by atoms with E-state index in [0.717, 1.165) is 23.4 Å². The lowest BCUT2D eigenvalue weighted by atomic mass is 10.1. The minimum atomic E-state index is -0.553. The van der Waals surface area contributed by atoms with Gasteiger partial charge in [0.1, 0.15) is 0 Å². The van der Waals surface area contributed by atoms with Gasteiger partial charge in [-0.15, -0.1) is 0 Å². The Morgan fingerprint density at radius 3 is 2.67 bits per heavy atom. The molecule has 2 aromatic heterocycles. The summed E-state index contributed by atoms with van der Waals surface area (Å²) in [5, 5.41) is 14.3. The van der Waals surface area contributed by atoms with Crippen molar-refractivity contribution in [2.75, 3.05) is 0 Å². The largest absolute Gasteiger partial charge is 0.389 e. The van der Waals surface area contributed by atoms with Crippen molar-refractivity contribution >= 4 is 0 Å². The molecular weight excluding hydrogens is 226 g/mol. The van der Waals surface area contributed by atoms with Crippen molar-refractivity contribution in [3.05, 3.63) is 40.8 Å². The van der Waals surface area contributed by atoms with Gasteiger partial charge < -0.3 is 5.11 Å². The molecule has 0 saturated carbocycles. The Kier molecular flexibility index (Phi) is 3.48. The van der Waals surface area contributed by atoms with Crippen molar-refractivity contribution in [1.82, 2.24) is 14.8 Å². The number of aryl methyl sites for hydroxylation is 1. The van der Waals surface area contributed by atoms with Crippen LogP contribution in [0.4, 0.5) is 0 Å². The maximum Gasteiger partial charge on any atom is 0.159 e. The molecule has 0 saturated heterocycles. The van der Waals surface area contributed by atoms with Gasteiger partial charge >= 0.3 is 0 Å². The van der Waals surface area contributed by atoms with E-state index in [9.17, 15) is 5.11 Å². The number of rotatable bonds is 3.